The summed E-state index contributed by atoms with van der Waals surface area (Å²) in [6, 6.07) is 19.3. The fourth-order valence-corrected chi connectivity index (χ4v) is 1.90. The second-order valence-electron chi connectivity index (χ2n) is 4.46. The fraction of sp³-hybridized carbons (Fsp3) is 0.176. The van der Waals surface area contributed by atoms with E-state index >= 15 is 0 Å². The minimum Gasteiger partial charge on any atom is -0.306 e. The van der Waals surface area contributed by atoms with Crippen molar-refractivity contribution in [1.82, 2.24) is 5.32 Å². The maximum Gasteiger partial charge on any atom is 0.0294 e. The highest BCUT2D eigenvalue weighted by atomic mass is 14.9. The van der Waals surface area contributed by atoms with E-state index in [2.05, 4.69) is 67.4 Å². The van der Waals surface area contributed by atoms with Crippen LogP contribution in [0.1, 0.15) is 29.7 Å². The first kappa shape index (κ1) is 12.6. The number of rotatable bonds is 5. The summed E-state index contributed by atoms with van der Waals surface area (Å²) in [6.07, 6.45) is 1.86. The zero-order chi connectivity index (χ0) is 12.8. The number of nitrogens with one attached hydrogen (secondary N) is 1. The molecule has 1 atom stereocenters. The van der Waals surface area contributed by atoms with Crippen LogP contribution in [0, 0.1) is 0 Å². The van der Waals surface area contributed by atoms with Gasteiger partial charge in [-0.05, 0) is 23.6 Å². The van der Waals surface area contributed by atoms with Gasteiger partial charge in [-0.2, -0.15) is 0 Å². The lowest BCUT2D eigenvalue weighted by molar-refractivity contribution is 0.575. The van der Waals surface area contributed by atoms with E-state index in [0.717, 1.165) is 12.1 Å². The molecular formula is C17H19N. The lowest BCUT2D eigenvalue weighted by atomic mass is 10.1. The largest absolute Gasteiger partial charge is 0.306 e. The summed E-state index contributed by atoms with van der Waals surface area (Å²) in [4.78, 5) is 0. The van der Waals surface area contributed by atoms with Gasteiger partial charge in [0.25, 0.3) is 0 Å². The molecule has 0 saturated heterocycles. The van der Waals surface area contributed by atoms with Gasteiger partial charge in [-0.25, -0.2) is 0 Å². The molecule has 0 unspecified atom stereocenters. The molecule has 0 spiro atoms. The van der Waals surface area contributed by atoms with E-state index in [9.17, 15) is 0 Å². The first-order chi connectivity index (χ1) is 8.79. The first-order valence-electron chi connectivity index (χ1n) is 6.29. The van der Waals surface area contributed by atoms with Gasteiger partial charge in [0.2, 0.25) is 0 Å². The van der Waals surface area contributed by atoms with E-state index in [4.69, 9.17) is 0 Å². The zero-order valence-corrected chi connectivity index (χ0v) is 10.8. The molecule has 1 heteroatoms. The van der Waals surface area contributed by atoms with Crippen LogP contribution < -0.4 is 5.32 Å². The molecule has 1 N–H and O–H groups in total. The van der Waals surface area contributed by atoms with Gasteiger partial charge >= 0.3 is 0 Å². The molecule has 0 amide bonds. The van der Waals surface area contributed by atoms with Crippen LogP contribution in [0.4, 0.5) is 0 Å². The van der Waals surface area contributed by atoms with E-state index in [0.29, 0.717) is 6.04 Å². The van der Waals surface area contributed by atoms with E-state index in [-0.39, 0.29) is 0 Å². The molecule has 0 fully saturated rings. The van der Waals surface area contributed by atoms with Gasteiger partial charge in [0, 0.05) is 12.6 Å². The molecule has 0 saturated carbocycles. The van der Waals surface area contributed by atoms with Gasteiger partial charge in [0.15, 0.2) is 0 Å². The SMILES string of the molecule is C=Cc1ccc(CN[C@H](C)c2ccccc2)cc1. The lowest BCUT2D eigenvalue weighted by Crippen LogP contribution is -2.17. The van der Waals surface area contributed by atoms with Crippen LogP contribution in [0.5, 0.6) is 0 Å². The molecule has 0 aliphatic carbocycles. The van der Waals surface area contributed by atoms with Crippen LogP contribution in [0.2, 0.25) is 0 Å². The van der Waals surface area contributed by atoms with Gasteiger partial charge in [-0.3, -0.25) is 0 Å². The second kappa shape index (κ2) is 6.18. The number of hydrogen-bond donors (Lipinski definition) is 1. The molecule has 0 bridgehead atoms. The third-order valence-electron chi connectivity index (χ3n) is 3.13. The molecule has 0 heterocycles. The van der Waals surface area contributed by atoms with Crippen LogP contribution >= 0.6 is 0 Å². The number of benzene rings is 2. The van der Waals surface area contributed by atoms with Crippen molar-refractivity contribution in [3.8, 4) is 0 Å². The maximum atomic E-state index is 3.76. The van der Waals surface area contributed by atoms with Crippen molar-refractivity contribution in [2.45, 2.75) is 19.5 Å². The monoisotopic (exact) mass is 237 g/mol. The first-order valence-corrected chi connectivity index (χ1v) is 6.29. The van der Waals surface area contributed by atoms with Crippen LogP contribution in [0.25, 0.3) is 6.08 Å². The topological polar surface area (TPSA) is 12.0 Å². The summed E-state index contributed by atoms with van der Waals surface area (Å²) >= 11 is 0. The summed E-state index contributed by atoms with van der Waals surface area (Å²) in [6.45, 7) is 6.83. The molecular weight excluding hydrogens is 218 g/mol. The molecule has 1 nitrogen and oxygen atoms in total. The Bertz CT molecular complexity index is 485. The molecule has 2 rings (SSSR count). The summed E-state index contributed by atoms with van der Waals surface area (Å²) in [5.74, 6) is 0. The highest BCUT2D eigenvalue weighted by molar-refractivity contribution is 5.47. The van der Waals surface area contributed by atoms with Crippen LogP contribution in [-0.2, 0) is 6.54 Å². The van der Waals surface area contributed by atoms with Crippen molar-refractivity contribution in [1.29, 1.82) is 0 Å². The van der Waals surface area contributed by atoms with Crippen LogP contribution in [-0.4, -0.2) is 0 Å². The Morgan fingerprint density at radius 2 is 1.72 bits per heavy atom. The predicted molar refractivity (Wildman–Crippen MR) is 78.2 cm³/mol. The van der Waals surface area contributed by atoms with Gasteiger partial charge in [-0.1, -0.05) is 67.3 Å². The van der Waals surface area contributed by atoms with Crippen molar-refractivity contribution < 1.29 is 0 Å². The van der Waals surface area contributed by atoms with Crippen molar-refractivity contribution in [3.05, 3.63) is 77.9 Å². The maximum absolute atomic E-state index is 3.76. The van der Waals surface area contributed by atoms with Gasteiger partial charge in [-0.15, -0.1) is 0 Å². The highest BCUT2D eigenvalue weighted by Gasteiger charge is 2.03. The van der Waals surface area contributed by atoms with E-state index < -0.39 is 0 Å². The lowest BCUT2D eigenvalue weighted by Gasteiger charge is -2.14. The molecule has 18 heavy (non-hydrogen) atoms. The summed E-state index contributed by atoms with van der Waals surface area (Å²) < 4.78 is 0. The summed E-state index contributed by atoms with van der Waals surface area (Å²) in [5, 5.41) is 3.53. The normalized spacial score (nSPS) is 12.1. The highest BCUT2D eigenvalue weighted by Crippen LogP contribution is 2.12. The van der Waals surface area contributed by atoms with Gasteiger partial charge < -0.3 is 5.32 Å². The molecule has 92 valence electrons. The Labute approximate surface area is 109 Å². The van der Waals surface area contributed by atoms with E-state index in [1.165, 1.54) is 11.1 Å². The van der Waals surface area contributed by atoms with Crippen LogP contribution in [0.15, 0.2) is 61.2 Å². The van der Waals surface area contributed by atoms with Crippen LogP contribution in [0.3, 0.4) is 0 Å². The summed E-state index contributed by atoms with van der Waals surface area (Å²) in [5.41, 5.74) is 3.78. The fourth-order valence-electron chi connectivity index (χ4n) is 1.90. The van der Waals surface area contributed by atoms with Crippen molar-refractivity contribution in [2.24, 2.45) is 0 Å². The molecule has 0 radical (unpaired) electrons. The van der Waals surface area contributed by atoms with Gasteiger partial charge in [0.05, 0.1) is 0 Å². The molecule has 2 aromatic rings. The van der Waals surface area contributed by atoms with Crippen molar-refractivity contribution in [3.63, 3.8) is 0 Å². The molecule has 0 aromatic heterocycles. The second-order valence-corrected chi connectivity index (χ2v) is 4.46. The smallest absolute Gasteiger partial charge is 0.0294 e. The Balaban J connectivity index is 1.93. The van der Waals surface area contributed by atoms with Crippen molar-refractivity contribution in [2.75, 3.05) is 0 Å². The minimum atomic E-state index is 0.366. The third-order valence-corrected chi connectivity index (χ3v) is 3.13. The van der Waals surface area contributed by atoms with E-state index in [1.807, 2.05) is 12.1 Å². The number of hydrogen-bond acceptors (Lipinski definition) is 1. The zero-order valence-electron chi connectivity index (χ0n) is 10.8. The average Bonchev–Trinajstić information content (AvgIpc) is 2.46. The minimum absolute atomic E-state index is 0.366. The van der Waals surface area contributed by atoms with Crippen molar-refractivity contribution >= 4 is 6.08 Å². The molecule has 0 aliphatic heterocycles. The Morgan fingerprint density at radius 1 is 1.06 bits per heavy atom. The Morgan fingerprint density at radius 3 is 2.33 bits per heavy atom. The molecule has 2 aromatic carbocycles. The van der Waals surface area contributed by atoms with Gasteiger partial charge in [0.1, 0.15) is 0 Å². The molecule has 0 aliphatic rings. The Kier molecular flexibility index (Phi) is 4.32. The van der Waals surface area contributed by atoms with E-state index in [1.54, 1.807) is 0 Å². The summed E-state index contributed by atoms with van der Waals surface area (Å²) in [7, 11) is 0. The average molecular weight is 237 g/mol. The Hall–Kier alpha value is -1.86. The third kappa shape index (κ3) is 3.31. The standard InChI is InChI=1S/C17H19N/c1-3-15-9-11-16(12-10-15)13-18-14(2)17-7-5-4-6-8-17/h3-12,14,18H,1,13H2,2H3/t14-/m1/s1. The predicted octanol–water partition coefficient (Wildman–Crippen LogP) is 4.18. The quantitative estimate of drug-likeness (QED) is 0.822.